The van der Waals surface area contributed by atoms with Gasteiger partial charge in [-0.05, 0) is 62.2 Å². The minimum absolute atomic E-state index is 0.0253. The van der Waals surface area contributed by atoms with E-state index in [0.717, 1.165) is 47.4 Å². The Morgan fingerprint density at radius 3 is 2.57 bits per heavy atom. The summed E-state index contributed by atoms with van der Waals surface area (Å²) in [5, 5.41) is 3.81. The third-order valence-electron chi connectivity index (χ3n) is 6.69. The molecule has 2 fully saturated rings. The first-order valence-corrected chi connectivity index (χ1v) is 13.5. The fourth-order valence-corrected chi connectivity index (χ4v) is 6.09. The molecule has 0 spiro atoms. The van der Waals surface area contributed by atoms with Gasteiger partial charge in [-0.25, -0.2) is 13.4 Å². The molecule has 2 saturated heterocycles. The smallest absolute Gasteiger partial charge is 0.243 e. The average molecular weight is 495 g/mol. The molecule has 9 heteroatoms. The normalized spacial score (nSPS) is 19.6. The second-order valence-electron chi connectivity index (χ2n) is 9.18. The van der Waals surface area contributed by atoms with Crippen LogP contribution in [0, 0.1) is 12.8 Å². The number of aryl methyl sites for hydroxylation is 1. The number of nitrogens with one attached hydrogen (secondary N) is 1. The largest absolute Gasteiger partial charge is 0.379 e. The lowest BCUT2D eigenvalue weighted by molar-refractivity contribution is -0.120. The van der Waals surface area contributed by atoms with Crippen LogP contribution in [0.1, 0.15) is 18.4 Å². The van der Waals surface area contributed by atoms with Gasteiger partial charge in [-0.2, -0.15) is 4.31 Å². The Morgan fingerprint density at radius 1 is 1.03 bits per heavy atom. The maximum absolute atomic E-state index is 13.0. The summed E-state index contributed by atoms with van der Waals surface area (Å²) in [6.45, 7) is 5.01. The number of ether oxygens (including phenoxy) is 1. The molecule has 1 N–H and O–H groups in total. The number of rotatable bonds is 5. The van der Waals surface area contributed by atoms with E-state index in [-0.39, 0.29) is 16.7 Å². The van der Waals surface area contributed by atoms with Crippen LogP contribution < -0.4 is 10.2 Å². The van der Waals surface area contributed by atoms with Crippen LogP contribution in [-0.4, -0.2) is 63.0 Å². The number of fused-ring (bicyclic) bond motifs is 1. The van der Waals surface area contributed by atoms with Crippen LogP contribution in [0.5, 0.6) is 0 Å². The number of nitrogens with zero attached hydrogens (tertiary/aromatic N) is 3. The van der Waals surface area contributed by atoms with Crippen LogP contribution in [0.15, 0.2) is 59.5 Å². The Balaban J connectivity index is 1.30. The number of morpholine rings is 1. The number of hydrogen-bond donors (Lipinski definition) is 1. The monoisotopic (exact) mass is 494 g/mol. The van der Waals surface area contributed by atoms with Gasteiger partial charge in [0.05, 0.1) is 29.5 Å². The van der Waals surface area contributed by atoms with E-state index < -0.39 is 10.0 Å². The molecule has 2 aliphatic rings. The van der Waals surface area contributed by atoms with E-state index in [1.807, 2.05) is 43.3 Å². The molecule has 2 aromatic carbocycles. The molecule has 0 saturated carbocycles. The van der Waals surface area contributed by atoms with Gasteiger partial charge in [-0.3, -0.25) is 4.79 Å². The first-order valence-electron chi connectivity index (χ1n) is 12.0. The number of carbonyl (C=O) groups is 1. The molecule has 8 nitrogen and oxygen atoms in total. The fourth-order valence-electron chi connectivity index (χ4n) is 4.65. The minimum Gasteiger partial charge on any atom is -0.379 e. The van der Waals surface area contributed by atoms with Crippen LogP contribution in [0.4, 0.5) is 11.5 Å². The third-order valence-corrected chi connectivity index (χ3v) is 8.58. The molecule has 5 rings (SSSR count). The predicted octanol–water partition coefficient (Wildman–Crippen LogP) is 3.42. The van der Waals surface area contributed by atoms with Gasteiger partial charge < -0.3 is 15.0 Å². The zero-order chi connectivity index (χ0) is 24.4. The van der Waals surface area contributed by atoms with Crippen LogP contribution in [0.2, 0.25) is 0 Å². The van der Waals surface area contributed by atoms with Gasteiger partial charge in [-0.1, -0.05) is 17.7 Å². The van der Waals surface area contributed by atoms with Gasteiger partial charge in [-0.15, -0.1) is 0 Å². The summed E-state index contributed by atoms with van der Waals surface area (Å²) in [6.07, 6.45) is 1.74. The van der Waals surface area contributed by atoms with Crippen molar-refractivity contribution in [3.63, 3.8) is 0 Å². The Hall–Kier alpha value is -3.01. The molecule has 3 heterocycles. The first-order chi connectivity index (χ1) is 16.9. The maximum atomic E-state index is 13.0. The molecule has 1 aromatic heterocycles. The number of sulfonamides is 1. The maximum Gasteiger partial charge on any atom is 0.243 e. The van der Waals surface area contributed by atoms with E-state index in [0.29, 0.717) is 32.8 Å². The van der Waals surface area contributed by atoms with Crippen molar-refractivity contribution in [3.05, 3.63) is 60.2 Å². The van der Waals surface area contributed by atoms with E-state index in [2.05, 4.69) is 10.2 Å². The van der Waals surface area contributed by atoms with Crippen molar-refractivity contribution in [3.8, 4) is 0 Å². The lowest BCUT2D eigenvalue weighted by Gasteiger charge is -2.33. The second-order valence-corrected chi connectivity index (χ2v) is 11.1. The highest BCUT2D eigenvalue weighted by atomic mass is 32.2. The summed E-state index contributed by atoms with van der Waals surface area (Å²) in [6, 6.07) is 16.7. The van der Waals surface area contributed by atoms with Gasteiger partial charge in [0.2, 0.25) is 15.9 Å². The number of benzene rings is 2. The number of hydrogen-bond acceptors (Lipinski definition) is 6. The van der Waals surface area contributed by atoms with Crippen LogP contribution in [0.3, 0.4) is 0 Å². The summed E-state index contributed by atoms with van der Waals surface area (Å²) >= 11 is 0. The zero-order valence-electron chi connectivity index (χ0n) is 19.8. The summed E-state index contributed by atoms with van der Waals surface area (Å²) < 4.78 is 32.7. The molecular weight excluding hydrogens is 464 g/mol. The van der Waals surface area contributed by atoms with Crippen molar-refractivity contribution >= 4 is 38.3 Å². The van der Waals surface area contributed by atoms with E-state index in [4.69, 9.17) is 9.72 Å². The number of anilines is 2. The summed E-state index contributed by atoms with van der Waals surface area (Å²) in [5.74, 6) is 0.704. The molecule has 2 aliphatic heterocycles. The highest BCUT2D eigenvalue weighted by molar-refractivity contribution is 7.89. The zero-order valence-corrected chi connectivity index (χ0v) is 20.6. The molecule has 0 radical (unpaired) electrons. The summed E-state index contributed by atoms with van der Waals surface area (Å²) in [4.78, 5) is 20.1. The minimum atomic E-state index is -3.56. The van der Waals surface area contributed by atoms with Crippen molar-refractivity contribution < 1.29 is 17.9 Å². The van der Waals surface area contributed by atoms with Crippen LogP contribution in [0.25, 0.3) is 10.9 Å². The summed E-state index contributed by atoms with van der Waals surface area (Å²) in [5.41, 5.74) is 2.69. The van der Waals surface area contributed by atoms with Gasteiger partial charge in [0.1, 0.15) is 5.82 Å². The number of carbonyl (C=O) groups excluding carboxylic acids is 1. The molecular formula is C26H30N4O4S. The lowest BCUT2D eigenvalue weighted by Crippen LogP contribution is -2.41. The van der Waals surface area contributed by atoms with Crippen molar-refractivity contribution in [2.24, 2.45) is 5.92 Å². The third kappa shape index (κ3) is 5.17. The molecule has 0 bridgehead atoms. The number of pyridine rings is 1. The Kier molecular flexibility index (Phi) is 6.73. The molecule has 35 heavy (non-hydrogen) atoms. The van der Waals surface area contributed by atoms with Crippen molar-refractivity contribution in [2.75, 3.05) is 49.6 Å². The summed E-state index contributed by atoms with van der Waals surface area (Å²) in [7, 11) is -3.56. The highest BCUT2D eigenvalue weighted by Gasteiger charge is 2.28. The first kappa shape index (κ1) is 23.7. The SMILES string of the molecule is Cc1ccc(NC(=O)[C@H]2CCCN(c3ccc4cc(S(=O)(=O)N5CCOCC5)ccc4n3)C2)cc1. The predicted molar refractivity (Wildman–Crippen MR) is 136 cm³/mol. The van der Waals surface area contributed by atoms with E-state index in [1.165, 1.54) is 4.31 Å². The van der Waals surface area contributed by atoms with Gasteiger partial charge >= 0.3 is 0 Å². The standard InChI is InChI=1S/C26H30N4O4S/c1-19-4-7-22(8-5-19)27-26(31)21-3-2-12-29(18-21)25-11-6-20-17-23(9-10-24(20)28-25)35(32,33)30-13-15-34-16-14-30/h4-11,17,21H,2-3,12-16,18H2,1H3,(H,27,31)/t21-/m0/s1. The van der Waals surface area contributed by atoms with Gasteiger partial charge in [0.15, 0.2) is 0 Å². The molecule has 1 atom stereocenters. The fraction of sp³-hybridized carbons (Fsp3) is 0.385. The quantitative estimate of drug-likeness (QED) is 0.584. The Labute approximate surface area is 205 Å². The molecule has 1 amide bonds. The number of aromatic nitrogens is 1. The molecule has 0 aliphatic carbocycles. The molecule has 0 unspecified atom stereocenters. The van der Waals surface area contributed by atoms with E-state index in [1.54, 1.807) is 18.2 Å². The van der Waals surface area contributed by atoms with Crippen LogP contribution in [-0.2, 0) is 19.6 Å². The van der Waals surface area contributed by atoms with Gasteiger partial charge in [0.25, 0.3) is 0 Å². The Morgan fingerprint density at radius 2 is 1.80 bits per heavy atom. The van der Waals surface area contributed by atoms with Crippen LogP contribution >= 0.6 is 0 Å². The van der Waals surface area contributed by atoms with Crippen molar-refractivity contribution in [1.29, 1.82) is 0 Å². The van der Waals surface area contributed by atoms with Crippen molar-refractivity contribution in [2.45, 2.75) is 24.7 Å². The number of amides is 1. The molecule has 184 valence electrons. The second kappa shape index (κ2) is 9.93. The Bertz CT molecular complexity index is 1320. The van der Waals surface area contributed by atoms with E-state index in [9.17, 15) is 13.2 Å². The lowest BCUT2D eigenvalue weighted by atomic mass is 9.97. The van der Waals surface area contributed by atoms with E-state index >= 15 is 0 Å². The van der Waals surface area contributed by atoms with Gasteiger partial charge in [0, 0.05) is 37.3 Å². The number of piperidine rings is 1. The average Bonchev–Trinajstić information content (AvgIpc) is 2.90. The van der Waals surface area contributed by atoms with Crippen molar-refractivity contribution in [1.82, 2.24) is 9.29 Å². The highest BCUT2D eigenvalue weighted by Crippen LogP contribution is 2.27. The molecule has 3 aromatic rings. The topological polar surface area (TPSA) is 91.8 Å².